The molecule has 1 aromatic heterocycles. The molecule has 3 rings (SSSR count). The highest BCUT2D eigenvalue weighted by atomic mass is 32.2. The van der Waals surface area contributed by atoms with Gasteiger partial charge in [-0.15, -0.1) is 0 Å². The third-order valence-corrected chi connectivity index (χ3v) is 5.75. The molecule has 1 aliphatic heterocycles. The second-order valence-electron chi connectivity index (χ2n) is 5.58. The van der Waals surface area contributed by atoms with E-state index in [1.54, 1.807) is 21.4 Å². The molecule has 0 bridgehead atoms. The summed E-state index contributed by atoms with van der Waals surface area (Å²) >= 11 is 0. The van der Waals surface area contributed by atoms with Crippen molar-refractivity contribution in [1.29, 1.82) is 0 Å². The highest BCUT2D eigenvalue weighted by Crippen LogP contribution is 2.41. The largest absolute Gasteiger partial charge is 0.394 e. The molecule has 0 unspecified atom stereocenters. The molecular formula is C12H20N4O3S. The molecule has 0 amide bonds. The Morgan fingerprint density at radius 1 is 1.35 bits per heavy atom. The van der Waals surface area contributed by atoms with E-state index in [1.807, 2.05) is 0 Å². The maximum Gasteiger partial charge on any atom is 0.279 e. The number of nitrogens with zero attached hydrogens (tertiary/aromatic N) is 3. The van der Waals surface area contributed by atoms with Gasteiger partial charge in [0.2, 0.25) is 0 Å². The third-order valence-electron chi connectivity index (χ3n) is 4.27. The van der Waals surface area contributed by atoms with Crippen LogP contribution >= 0.6 is 0 Å². The van der Waals surface area contributed by atoms with Gasteiger partial charge in [-0.1, -0.05) is 0 Å². The number of hydrogen-bond donors (Lipinski definition) is 2. The topological polar surface area (TPSA) is 87.5 Å². The molecule has 1 saturated heterocycles. The zero-order valence-electron chi connectivity index (χ0n) is 11.3. The van der Waals surface area contributed by atoms with Crippen LogP contribution < -0.4 is 4.72 Å². The average Bonchev–Trinajstić information content (AvgIpc) is 2.94. The second-order valence-corrected chi connectivity index (χ2v) is 7.33. The standard InChI is InChI=1S/C12H20N4O3S/c17-4-3-15-7-10(5-13-15)6-14-20(18,19)16-8-11-1-2-12(11)9-16/h5,7,11-12,14,17H,1-4,6,8-9H2/t11-,12+. The molecule has 8 heteroatoms. The normalized spacial score (nSPS) is 26.4. The second kappa shape index (κ2) is 5.44. The number of rotatable bonds is 6. The van der Waals surface area contributed by atoms with E-state index >= 15 is 0 Å². The van der Waals surface area contributed by atoms with Crippen LogP contribution in [0.3, 0.4) is 0 Å². The molecule has 2 fully saturated rings. The van der Waals surface area contributed by atoms with Crippen molar-refractivity contribution in [3.63, 3.8) is 0 Å². The minimum Gasteiger partial charge on any atom is -0.394 e. The van der Waals surface area contributed by atoms with Crippen LogP contribution in [0.25, 0.3) is 0 Å². The van der Waals surface area contributed by atoms with Gasteiger partial charge in [-0.3, -0.25) is 4.68 Å². The third kappa shape index (κ3) is 2.73. The zero-order chi connectivity index (χ0) is 14.2. The van der Waals surface area contributed by atoms with E-state index in [1.165, 1.54) is 0 Å². The summed E-state index contributed by atoms with van der Waals surface area (Å²) in [4.78, 5) is 0. The van der Waals surface area contributed by atoms with Gasteiger partial charge in [-0.25, -0.2) is 0 Å². The Hall–Kier alpha value is -0.960. The minimum atomic E-state index is -3.39. The molecule has 0 aromatic carbocycles. The molecule has 20 heavy (non-hydrogen) atoms. The van der Waals surface area contributed by atoms with E-state index in [0.717, 1.165) is 18.4 Å². The van der Waals surface area contributed by atoms with E-state index in [4.69, 9.17) is 5.11 Å². The molecule has 112 valence electrons. The summed E-state index contributed by atoms with van der Waals surface area (Å²) < 4.78 is 30.2. The fraction of sp³-hybridized carbons (Fsp3) is 0.750. The fourth-order valence-electron chi connectivity index (χ4n) is 2.90. The molecule has 1 saturated carbocycles. The van der Waals surface area contributed by atoms with Crippen LogP contribution in [0.15, 0.2) is 12.4 Å². The molecular weight excluding hydrogens is 280 g/mol. The van der Waals surface area contributed by atoms with Gasteiger partial charge in [0.25, 0.3) is 10.2 Å². The van der Waals surface area contributed by atoms with Crippen molar-refractivity contribution < 1.29 is 13.5 Å². The molecule has 2 atom stereocenters. The Labute approximate surface area is 118 Å². The first kappa shape index (κ1) is 14.0. The number of aliphatic hydroxyl groups is 1. The van der Waals surface area contributed by atoms with Gasteiger partial charge in [0.05, 0.1) is 19.3 Å². The lowest BCUT2D eigenvalue weighted by Crippen LogP contribution is -2.38. The van der Waals surface area contributed by atoms with Crippen LogP contribution in [0.4, 0.5) is 0 Å². The van der Waals surface area contributed by atoms with Crippen LogP contribution in [-0.2, 0) is 23.3 Å². The van der Waals surface area contributed by atoms with Gasteiger partial charge >= 0.3 is 0 Å². The molecule has 0 radical (unpaired) electrons. The van der Waals surface area contributed by atoms with Gasteiger partial charge in [-0.05, 0) is 24.7 Å². The monoisotopic (exact) mass is 300 g/mol. The summed E-state index contributed by atoms with van der Waals surface area (Å²) in [7, 11) is -3.39. The summed E-state index contributed by atoms with van der Waals surface area (Å²) in [6.45, 7) is 1.98. The highest BCUT2D eigenvalue weighted by Gasteiger charge is 2.43. The Morgan fingerprint density at radius 3 is 2.65 bits per heavy atom. The predicted octanol–water partition coefficient (Wildman–Crippen LogP) is -0.448. The highest BCUT2D eigenvalue weighted by molar-refractivity contribution is 7.87. The Balaban J connectivity index is 1.56. The number of nitrogens with one attached hydrogen (secondary N) is 1. The Morgan fingerprint density at radius 2 is 2.05 bits per heavy atom. The Kier molecular flexibility index (Phi) is 3.80. The predicted molar refractivity (Wildman–Crippen MR) is 72.9 cm³/mol. The van der Waals surface area contributed by atoms with Gasteiger partial charge < -0.3 is 5.11 Å². The van der Waals surface area contributed by atoms with Gasteiger partial charge in [0.1, 0.15) is 0 Å². The van der Waals surface area contributed by atoms with Crippen molar-refractivity contribution in [2.24, 2.45) is 11.8 Å². The van der Waals surface area contributed by atoms with E-state index in [9.17, 15) is 8.42 Å². The van der Waals surface area contributed by atoms with Crippen molar-refractivity contribution in [2.75, 3.05) is 19.7 Å². The first-order valence-electron chi connectivity index (χ1n) is 6.95. The van der Waals surface area contributed by atoms with Crippen molar-refractivity contribution >= 4 is 10.2 Å². The number of aromatic nitrogens is 2. The fourth-order valence-corrected chi connectivity index (χ4v) is 4.21. The van der Waals surface area contributed by atoms with Crippen molar-refractivity contribution in [3.8, 4) is 0 Å². The summed E-state index contributed by atoms with van der Waals surface area (Å²) in [5, 5.41) is 12.9. The molecule has 7 nitrogen and oxygen atoms in total. The van der Waals surface area contributed by atoms with Crippen LogP contribution in [-0.4, -0.2) is 47.3 Å². The lowest BCUT2D eigenvalue weighted by Gasteiger charge is -2.27. The SMILES string of the molecule is O=S(=O)(NCc1cnn(CCO)c1)N1C[C@H]2CC[C@H]2C1. The number of hydrogen-bond acceptors (Lipinski definition) is 4. The molecule has 0 spiro atoms. The summed E-state index contributed by atoms with van der Waals surface area (Å²) in [6, 6.07) is 0. The number of aliphatic hydroxyl groups excluding tert-OH is 1. The van der Waals surface area contributed by atoms with E-state index < -0.39 is 10.2 Å². The van der Waals surface area contributed by atoms with E-state index in [0.29, 0.717) is 31.5 Å². The average molecular weight is 300 g/mol. The van der Waals surface area contributed by atoms with Crippen LogP contribution in [0, 0.1) is 11.8 Å². The summed E-state index contributed by atoms with van der Waals surface area (Å²) in [6.07, 6.45) is 5.67. The Bertz CT molecular complexity index is 559. The molecule has 2 heterocycles. The van der Waals surface area contributed by atoms with Crippen molar-refractivity contribution in [1.82, 2.24) is 18.8 Å². The van der Waals surface area contributed by atoms with E-state index in [2.05, 4.69) is 9.82 Å². The lowest BCUT2D eigenvalue weighted by atomic mass is 9.77. The molecule has 1 aliphatic carbocycles. The van der Waals surface area contributed by atoms with Crippen LogP contribution in [0.1, 0.15) is 18.4 Å². The quantitative estimate of drug-likeness (QED) is 0.745. The van der Waals surface area contributed by atoms with E-state index in [-0.39, 0.29) is 13.2 Å². The molecule has 1 aromatic rings. The first-order chi connectivity index (χ1) is 9.58. The zero-order valence-corrected chi connectivity index (χ0v) is 12.1. The summed E-state index contributed by atoms with van der Waals surface area (Å²) in [5.74, 6) is 1.14. The first-order valence-corrected chi connectivity index (χ1v) is 8.39. The minimum absolute atomic E-state index is 0.0173. The van der Waals surface area contributed by atoms with Gasteiger partial charge in [0.15, 0.2) is 0 Å². The van der Waals surface area contributed by atoms with Crippen molar-refractivity contribution in [2.45, 2.75) is 25.9 Å². The van der Waals surface area contributed by atoms with Gasteiger partial charge in [-0.2, -0.15) is 22.5 Å². The van der Waals surface area contributed by atoms with Crippen LogP contribution in [0.2, 0.25) is 0 Å². The van der Waals surface area contributed by atoms with Crippen molar-refractivity contribution in [3.05, 3.63) is 18.0 Å². The lowest BCUT2D eigenvalue weighted by molar-refractivity contribution is 0.243. The van der Waals surface area contributed by atoms with Crippen LogP contribution in [0.5, 0.6) is 0 Å². The maximum atomic E-state index is 12.2. The van der Waals surface area contributed by atoms with Gasteiger partial charge in [0, 0.05) is 31.4 Å². The molecule has 2 N–H and O–H groups in total. The smallest absolute Gasteiger partial charge is 0.279 e. The number of fused-ring (bicyclic) bond motifs is 1. The maximum absolute atomic E-state index is 12.2. The molecule has 2 aliphatic rings. The summed E-state index contributed by atoms with van der Waals surface area (Å²) in [5.41, 5.74) is 0.796.